The molecule has 3 aromatic carbocycles. The van der Waals surface area contributed by atoms with Crippen molar-refractivity contribution in [1.29, 1.82) is 0 Å². The topological polar surface area (TPSA) is 102 Å². The van der Waals surface area contributed by atoms with Crippen molar-refractivity contribution in [3.63, 3.8) is 0 Å². The minimum Gasteiger partial charge on any atom is -0.475 e. The number of alkyl halides is 3. The van der Waals surface area contributed by atoms with Crippen molar-refractivity contribution in [3.05, 3.63) is 113 Å². The van der Waals surface area contributed by atoms with Crippen LogP contribution in [-0.4, -0.2) is 36.4 Å². The molecular weight excluding hydrogens is 575 g/mol. The average Bonchev–Trinajstić information content (AvgIpc) is 3.60. The van der Waals surface area contributed by atoms with Crippen LogP contribution in [0.5, 0.6) is 11.5 Å². The number of carbonyl (C=O) groups is 1. The van der Waals surface area contributed by atoms with E-state index in [4.69, 9.17) is 14.6 Å². The predicted molar refractivity (Wildman–Crippen MR) is 148 cm³/mol. The minimum absolute atomic E-state index is 0.126. The first kappa shape index (κ1) is 29.0. The van der Waals surface area contributed by atoms with Crippen molar-refractivity contribution >= 4 is 27.9 Å². The molecule has 0 saturated heterocycles. The van der Waals surface area contributed by atoms with E-state index in [1.807, 2.05) is 60.1 Å². The van der Waals surface area contributed by atoms with Gasteiger partial charge in [-0.2, -0.15) is 13.2 Å². The quantitative estimate of drug-likeness (QED) is 0.218. The highest BCUT2D eigenvalue weighted by Gasteiger charge is 2.38. The van der Waals surface area contributed by atoms with Crippen LogP contribution in [0.1, 0.15) is 5.56 Å². The van der Waals surface area contributed by atoms with Crippen molar-refractivity contribution in [2.75, 3.05) is 0 Å². The second-order valence-electron chi connectivity index (χ2n) is 9.37. The van der Waals surface area contributed by atoms with Gasteiger partial charge in [0.15, 0.2) is 17.3 Å². The Morgan fingerprint density at radius 1 is 1.02 bits per heavy atom. The molecule has 220 valence electrons. The van der Waals surface area contributed by atoms with E-state index in [2.05, 4.69) is 9.97 Å². The van der Waals surface area contributed by atoms with E-state index in [1.165, 1.54) is 6.07 Å². The Balaban J connectivity index is 0.000000472. The van der Waals surface area contributed by atoms with Gasteiger partial charge in [0.2, 0.25) is 0 Å². The Hall–Kier alpha value is -5.46. The number of fused-ring (bicyclic) bond motifs is 2. The molecule has 0 saturated carbocycles. The maximum atomic E-state index is 14.6. The van der Waals surface area contributed by atoms with Gasteiger partial charge < -0.3 is 24.0 Å². The van der Waals surface area contributed by atoms with Gasteiger partial charge >= 0.3 is 12.1 Å². The number of carboxylic acid groups (broad SMARTS) is 1. The van der Waals surface area contributed by atoms with Gasteiger partial charge in [-0.05, 0) is 35.9 Å². The van der Waals surface area contributed by atoms with Crippen LogP contribution < -0.4 is 10.3 Å². The average molecular weight is 597 g/mol. The monoisotopic (exact) mass is 596 g/mol. The number of H-pyrrole nitrogens is 1. The van der Waals surface area contributed by atoms with Gasteiger partial charge in [-0.25, -0.2) is 18.6 Å². The number of aliphatic carboxylic acids is 1. The summed E-state index contributed by atoms with van der Waals surface area (Å²) in [5, 5.41) is 7.82. The molecule has 13 heteroatoms. The fourth-order valence-electron chi connectivity index (χ4n) is 4.47. The van der Waals surface area contributed by atoms with Gasteiger partial charge in [-0.1, -0.05) is 30.3 Å². The molecule has 0 radical (unpaired) electrons. The first-order chi connectivity index (χ1) is 20.4. The highest BCUT2D eigenvalue weighted by Crippen LogP contribution is 2.41. The number of hydrogen-bond donors (Lipinski definition) is 2. The van der Waals surface area contributed by atoms with Crippen LogP contribution in [0, 0.1) is 11.6 Å². The van der Waals surface area contributed by atoms with E-state index in [9.17, 15) is 26.7 Å². The molecule has 0 amide bonds. The van der Waals surface area contributed by atoms with Crippen molar-refractivity contribution in [2.45, 2.75) is 12.7 Å². The number of halogens is 5. The largest absolute Gasteiger partial charge is 0.490 e. The lowest BCUT2D eigenvalue weighted by Crippen LogP contribution is -2.21. The standard InChI is InChI=1S/C28H20F2N4O2.C2HF3O2/c1-33-16-32-26-23(33)9-8-20(27(26)36-24-10-7-18(29)13-22(24)30)21-15-34(14-17-5-3-2-4-6-17)28(35)25-19(21)11-12-31-25;3-2(4,5)1(6)7/h2-13,15-16,31H,14H2,1H3;(H,6,7). The van der Waals surface area contributed by atoms with Gasteiger partial charge in [-0.3, -0.25) is 4.79 Å². The molecule has 0 fully saturated rings. The van der Waals surface area contributed by atoms with Crippen LogP contribution in [0.2, 0.25) is 0 Å². The molecule has 8 nitrogen and oxygen atoms in total. The minimum atomic E-state index is -5.08. The summed E-state index contributed by atoms with van der Waals surface area (Å²) in [6.45, 7) is 0.371. The summed E-state index contributed by atoms with van der Waals surface area (Å²) >= 11 is 0. The Bertz CT molecular complexity index is 2010. The van der Waals surface area contributed by atoms with Crippen LogP contribution in [0.3, 0.4) is 0 Å². The highest BCUT2D eigenvalue weighted by atomic mass is 19.4. The lowest BCUT2D eigenvalue weighted by molar-refractivity contribution is -0.192. The molecule has 0 aliphatic rings. The van der Waals surface area contributed by atoms with E-state index >= 15 is 0 Å². The van der Waals surface area contributed by atoms with Gasteiger partial charge in [-0.15, -0.1) is 0 Å². The van der Waals surface area contributed by atoms with Crippen LogP contribution in [0.4, 0.5) is 22.0 Å². The number of ether oxygens (including phenoxy) is 1. The normalized spacial score (nSPS) is 11.4. The molecule has 0 bridgehead atoms. The van der Waals surface area contributed by atoms with Gasteiger partial charge in [0.1, 0.15) is 16.9 Å². The lowest BCUT2D eigenvalue weighted by atomic mass is 10.0. The van der Waals surface area contributed by atoms with Crippen molar-refractivity contribution in [1.82, 2.24) is 19.1 Å². The van der Waals surface area contributed by atoms with Crippen LogP contribution in [0.25, 0.3) is 33.1 Å². The van der Waals surface area contributed by atoms with Crippen molar-refractivity contribution in [2.24, 2.45) is 7.05 Å². The number of aromatic nitrogens is 4. The number of rotatable bonds is 5. The molecule has 0 spiro atoms. The van der Waals surface area contributed by atoms with Crippen LogP contribution in [-0.2, 0) is 18.4 Å². The Labute approximate surface area is 239 Å². The number of benzene rings is 3. The molecule has 3 aromatic heterocycles. The molecule has 43 heavy (non-hydrogen) atoms. The molecule has 0 unspecified atom stereocenters. The number of pyridine rings is 1. The SMILES string of the molecule is Cn1cnc2c(Oc3ccc(F)cc3F)c(-c3cn(Cc4ccccc4)c(=O)c4[nH]ccc34)ccc21.O=C(O)C(F)(F)F. The molecular formula is C30H21F5N4O4. The molecule has 0 aliphatic heterocycles. The second-order valence-corrected chi connectivity index (χ2v) is 9.37. The summed E-state index contributed by atoms with van der Waals surface area (Å²) in [5.41, 5.74) is 3.89. The van der Waals surface area contributed by atoms with Gasteiger partial charge in [0.05, 0.1) is 18.4 Å². The third-order valence-electron chi connectivity index (χ3n) is 6.48. The second kappa shape index (κ2) is 11.4. The smallest absolute Gasteiger partial charge is 0.475 e. The zero-order chi connectivity index (χ0) is 30.9. The Morgan fingerprint density at radius 3 is 2.42 bits per heavy atom. The molecule has 6 rings (SSSR count). The van der Waals surface area contributed by atoms with Crippen molar-refractivity contribution < 1.29 is 36.6 Å². The zero-order valence-corrected chi connectivity index (χ0v) is 22.2. The predicted octanol–water partition coefficient (Wildman–Crippen LogP) is 6.64. The molecule has 3 heterocycles. The zero-order valence-electron chi connectivity index (χ0n) is 22.2. The number of carboxylic acids is 1. The highest BCUT2D eigenvalue weighted by molar-refractivity contribution is 6.00. The summed E-state index contributed by atoms with van der Waals surface area (Å²) in [6, 6.07) is 18.4. The van der Waals surface area contributed by atoms with E-state index in [1.54, 1.807) is 23.3 Å². The first-order valence-electron chi connectivity index (χ1n) is 12.6. The molecule has 0 aliphatic carbocycles. The number of nitrogens with one attached hydrogen (secondary N) is 1. The summed E-state index contributed by atoms with van der Waals surface area (Å²) in [6.07, 6.45) is 0.0515. The third kappa shape index (κ3) is 5.96. The molecule has 0 atom stereocenters. The molecule has 2 N–H and O–H groups in total. The fourth-order valence-corrected chi connectivity index (χ4v) is 4.47. The number of nitrogens with zero attached hydrogens (tertiary/aromatic N) is 3. The van der Waals surface area contributed by atoms with E-state index < -0.39 is 23.8 Å². The summed E-state index contributed by atoms with van der Waals surface area (Å²) in [5.74, 6) is -4.09. The summed E-state index contributed by atoms with van der Waals surface area (Å²) < 4.78 is 69.4. The third-order valence-corrected chi connectivity index (χ3v) is 6.48. The van der Waals surface area contributed by atoms with E-state index in [0.29, 0.717) is 39.8 Å². The van der Waals surface area contributed by atoms with Gasteiger partial charge in [0.25, 0.3) is 5.56 Å². The first-order valence-corrected chi connectivity index (χ1v) is 12.6. The van der Waals surface area contributed by atoms with Crippen LogP contribution >= 0.6 is 0 Å². The number of imidazole rings is 1. The number of aryl methyl sites for hydroxylation is 1. The summed E-state index contributed by atoms with van der Waals surface area (Å²) in [4.78, 5) is 29.7. The van der Waals surface area contributed by atoms with Crippen LogP contribution in [0.15, 0.2) is 90.2 Å². The fraction of sp³-hybridized carbons (Fsp3) is 0.100. The number of hydrogen-bond acceptors (Lipinski definition) is 4. The van der Waals surface area contributed by atoms with E-state index in [0.717, 1.165) is 23.2 Å². The Kier molecular flexibility index (Phi) is 7.72. The lowest BCUT2D eigenvalue weighted by Gasteiger charge is -2.16. The van der Waals surface area contributed by atoms with Gasteiger partial charge in [0, 0.05) is 42.0 Å². The van der Waals surface area contributed by atoms with Crippen molar-refractivity contribution in [3.8, 4) is 22.6 Å². The summed E-state index contributed by atoms with van der Waals surface area (Å²) in [7, 11) is 1.85. The molecule has 6 aromatic rings. The van der Waals surface area contributed by atoms with E-state index in [-0.39, 0.29) is 11.3 Å². The maximum absolute atomic E-state index is 14.6. The number of aromatic amines is 1. The maximum Gasteiger partial charge on any atom is 0.490 e. The Morgan fingerprint density at radius 2 is 1.74 bits per heavy atom.